The molecule has 2 nitrogen and oxygen atoms in total. The highest BCUT2D eigenvalue weighted by Gasteiger charge is 2.17. The first kappa shape index (κ1) is 12.8. The molecule has 0 N–H and O–H groups in total. The van der Waals surface area contributed by atoms with Crippen LogP contribution in [-0.2, 0) is 11.3 Å². The van der Waals surface area contributed by atoms with Crippen LogP contribution in [0.25, 0.3) is 0 Å². The van der Waals surface area contributed by atoms with Crippen LogP contribution < -0.4 is 0 Å². The Labute approximate surface area is 108 Å². The Morgan fingerprint density at radius 3 is 3.18 bits per heavy atom. The summed E-state index contributed by atoms with van der Waals surface area (Å²) in [4.78, 5) is 2.47. The zero-order valence-corrected chi connectivity index (χ0v) is 11.1. The number of rotatable bonds is 6. The minimum absolute atomic E-state index is 0.697. The second-order valence-corrected chi connectivity index (χ2v) is 5.48. The first-order chi connectivity index (χ1) is 8.38. The molecule has 1 aliphatic heterocycles. The Kier molecular flexibility index (Phi) is 5.23. The molecule has 1 aromatic heterocycles. The third kappa shape index (κ3) is 4.26. The summed E-state index contributed by atoms with van der Waals surface area (Å²) < 4.78 is 5.55. The third-order valence-electron chi connectivity index (χ3n) is 3.14. The maximum absolute atomic E-state index is 5.55. The minimum atomic E-state index is 0.697. The Morgan fingerprint density at radius 1 is 1.59 bits per heavy atom. The van der Waals surface area contributed by atoms with Crippen LogP contribution in [0.15, 0.2) is 29.5 Å². The van der Waals surface area contributed by atoms with Crippen LogP contribution in [0, 0.1) is 5.92 Å². The highest BCUT2D eigenvalue weighted by atomic mass is 32.1. The maximum Gasteiger partial charge on any atom is 0.0506 e. The van der Waals surface area contributed by atoms with Crippen molar-refractivity contribution in [3.05, 3.63) is 35.0 Å². The van der Waals surface area contributed by atoms with E-state index in [-0.39, 0.29) is 0 Å². The molecule has 0 amide bonds. The van der Waals surface area contributed by atoms with Gasteiger partial charge in [0.25, 0.3) is 0 Å². The molecule has 3 heteroatoms. The third-order valence-corrected chi connectivity index (χ3v) is 3.88. The molecule has 0 bridgehead atoms. The van der Waals surface area contributed by atoms with E-state index in [1.165, 1.54) is 18.4 Å². The van der Waals surface area contributed by atoms with E-state index < -0.39 is 0 Å². The molecule has 1 unspecified atom stereocenters. The Bertz CT molecular complexity index is 317. The smallest absolute Gasteiger partial charge is 0.0506 e. The summed E-state index contributed by atoms with van der Waals surface area (Å²) in [6.45, 7) is 8.85. The van der Waals surface area contributed by atoms with Gasteiger partial charge < -0.3 is 4.74 Å². The molecule has 94 valence electrons. The molecule has 0 spiro atoms. The topological polar surface area (TPSA) is 12.5 Å². The molecular weight excluding hydrogens is 230 g/mol. The number of hydrogen-bond donors (Lipinski definition) is 0. The zero-order valence-electron chi connectivity index (χ0n) is 10.3. The molecule has 2 heterocycles. The van der Waals surface area contributed by atoms with Gasteiger partial charge in [-0.25, -0.2) is 0 Å². The number of hydrogen-bond acceptors (Lipinski definition) is 3. The van der Waals surface area contributed by atoms with E-state index in [2.05, 4.69) is 28.3 Å². The summed E-state index contributed by atoms with van der Waals surface area (Å²) >= 11 is 1.77. The molecule has 0 saturated carbocycles. The first-order valence-electron chi connectivity index (χ1n) is 6.30. The van der Waals surface area contributed by atoms with Crippen molar-refractivity contribution < 1.29 is 4.74 Å². The lowest BCUT2D eigenvalue weighted by molar-refractivity contribution is 0.0390. The van der Waals surface area contributed by atoms with Crippen LogP contribution in [0.1, 0.15) is 18.4 Å². The van der Waals surface area contributed by atoms with Crippen LogP contribution in [0.2, 0.25) is 0 Å². The normalized spacial score (nSPS) is 20.6. The molecule has 1 aromatic rings. The number of nitrogens with zero attached hydrogens (tertiary/aromatic N) is 1. The highest BCUT2D eigenvalue weighted by Crippen LogP contribution is 2.17. The van der Waals surface area contributed by atoms with E-state index in [1.54, 1.807) is 11.3 Å². The van der Waals surface area contributed by atoms with Crippen LogP contribution >= 0.6 is 11.3 Å². The Balaban J connectivity index is 1.85. The minimum Gasteiger partial charge on any atom is -0.381 e. The molecule has 0 radical (unpaired) electrons. The average Bonchev–Trinajstić information content (AvgIpc) is 2.83. The van der Waals surface area contributed by atoms with E-state index in [0.29, 0.717) is 5.92 Å². The van der Waals surface area contributed by atoms with Crippen molar-refractivity contribution in [2.45, 2.75) is 19.4 Å². The predicted octanol–water partition coefficient (Wildman–Crippen LogP) is 3.16. The van der Waals surface area contributed by atoms with Crippen molar-refractivity contribution in [1.82, 2.24) is 4.90 Å². The van der Waals surface area contributed by atoms with Gasteiger partial charge in [0.15, 0.2) is 0 Å². The lowest BCUT2D eigenvalue weighted by atomic mass is 10.0. The standard InChI is InChI=1S/C14H21NOS/c1-2-6-15(10-14-5-8-17-12-14)9-13-4-3-7-16-11-13/h2,5,8,12-13H,1,3-4,6-7,9-11H2. The van der Waals surface area contributed by atoms with E-state index in [9.17, 15) is 0 Å². The summed E-state index contributed by atoms with van der Waals surface area (Å²) in [6, 6.07) is 2.21. The maximum atomic E-state index is 5.55. The van der Waals surface area contributed by atoms with E-state index >= 15 is 0 Å². The van der Waals surface area contributed by atoms with Gasteiger partial charge in [0.1, 0.15) is 0 Å². The molecule has 1 atom stereocenters. The summed E-state index contributed by atoms with van der Waals surface area (Å²) in [7, 11) is 0. The van der Waals surface area contributed by atoms with Gasteiger partial charge in [-0.05, 0) is 41.1 Å². The van der Waals surface area contributed by atoms with Crippen LogP contribution in [-0.4, -0.2) is 31.2 Å². The van der Waals surface area contributed by atoms with Crippen LogP contribution in [0.4, 0.5) is 0 Å². The highest BCUT2D eigenvalue weighted by molar-refractivity contribution is 7.07. The van der Waals surface area contributed by atoms with Gasteiger partial charge in [-0.2, -0.15) is 11.3 Å². The predicted molar refractivity (Wildman–Crippen MR) is 73.3 cm³/mol. The van der Waals surface area contributed by atoms with Gasteiger partial charge in [0.2, 0.25) is 0 Å². The lowest BCUT2D eigenvalue weighted by Gasteiger charge is -2.28. The molecular formula is C14H21NOS. The van der Waals surface area contributed by atoms with Crippen molar-refractivity contribution in [1.29, 1.82) is 0 Å². The quantitative estimate of drug-likeness (QED) is 0.720. The Morgan fingerprint density at radius 2 is 2.53 bits per heavy atom. The lowest BCUT2D eigenvalue weighted by Crippen LogP contribution is -2.33. The second-order valence-electron chi connectivity index (χ2n) is 4.70. The first-order valence-corrected chi connectivity index (χ1v) is 7.25. The van der Waals surface area contributed by atoms with E-state index in [4.69, 9.17) is 4.74 Å². The molecule has 1 saturated heterocycles. The van der Waals surface area contributed by atoms with Gasteiger partial charge in [-0.15, -0.1) is 6.58 Å². The molecule has 0 aromatic carbocycles. The van der Waals surface area contributed by atoms with Crippen molar-refractivity contribution >= 4 is 11.3 Å². The van der Waals surface area contributed by atoms with Crippen molar-refractivity contribution in [3.63, 3.8) is 0 Å². The summed E-state index contributed by atoms with van der Waals surface area (Å²) in [5, 5.41) is 4.37. The fraction of sp³-hybridized carbons (Fsp3) is 0.571. The van der Waals surface area contributed by atoms with Gasteiger partial charge in [-0.3, -0.25) is 4.90 Å². The molecule has 17 heavy (non-hydrogen) atoms. The second kappa shape index (κ2) is 6.94. The van der Waals surface area contributed by atoms with Crippen molar-refractivity contribution in [2.75, 3.05) is 26.3 Å². The van der Waals surface area contributed by atoms with Gasteiger partial charge in [-0.1, -0.05) is 6.08 Å². The van der Waals surface area contributed by atoms with Gasteiger partial charge >= 0.3 is 0 Å². The fourth-order valence-corrected chi connectivity index (χ4v) is 3.00. The number of thiophene rings is 1. The summed E-state index contributed by atoms with van der Waals surface area (Å²) in [5.41, 5.74) is 1.41. The molecule has 2 rings (SSSR count). The van der Waals surface area contributed by atoms with Crippen LogP contribution in [0.3, 0.4) is 0 Å². The molecule has 1 fully saturated rings. The number of ether oxygens (including phenoxy) is 1. The van der Waals surface area contributed by atoms with Gasteiger partial charge in [0, 0.05) is 26.2 Å². The monoisotopic (exact) mass is 251 g/mol. The zero-order chi connectivity index (χ0) is 11.9. The largest absolute Gasteiger partial charge is 0.381 e. The SMILES string of the molecule is C=CCN(Cc1ccsc1)CC1CCCOC1. The van der Waals surface area contributed by atoms with Crippen molar-refractivity contribution in [3.8, 4) is 0 Å². The van der Waals surface area contributed by atoms with Gasteiger partial charge in [0.05, 0.1) is 6.61 Å². The molecule has 1 aliphatic rings. The average molecular weight is 251 g/mol. The van der Waals surface area contributed by atoms with Crippen molar-refractivity contribution in [2.24, 2.45) is 5.92 Å². The fourth-order valence-electron chi connectivity index (χ4n) is 2.34. The molecule has 0 aliphatic carbocycles. The summed E-state index contributed by atoms with van der Waals surface area (Å²) in [6.07, 6.45) is 4.51. The van der Waals surface area contributed by atoms with E-state index in [1.807, 2.05) is 6.08 Å². The Hall–Kier alpha value is -0.640. The summed E-state index contributed by atoms with van der Waals surface area (Å²) in [5.74, 6) is 0.697. The van der Waals surface area contributed by atoms with E-state index in [0.717, 1.165) is 32.8 Å². The van der Waals surface area contributed by atoms with Crippen LogP contribution in [0.5, 0.6) is 0 Å².